The molecule has 0 fully saturated rings. The molecule has 1 aromatic carbocycles. The predicted octanol–water partition coefficient (Wildman–Crippen LogP) is 1.26. The first-order valence-corrected chi connectivity index (χ1v) is 5.96. The van der Waals surface area contributed by atoms with Gasteiger partial charge in [-0.05, 0) is 23.7 Å². The van der Waals surface area contributed by atoms with Crippen molar-refractivity contribution >= 4 is 40.3 Å². The van der Waals surface area contributed by atoms with Crippen LogP contribution in [0.4, 0.5) is 5.82 Å². The van der Waals surface area contributed by atoms with Crippen molar-refractivity contribution in [2.24, 2.45) is 0 Å². The van der Waals surface area contributed by atoms with Crippen molar-refractivity contribution in [2.75, 3.05) is 18.0 Å². The molecule has 8 heteroatoms. The van der Waals surface area contributed by atoms with Crippen molar-refractivity contribution < 1.29 is 19.8 Å². The van der Waals surface area contributed by atoms with Gasteiger partial charge in [-0.2, -0.15) is 4.98 Å². The van der Waals surface area contributed by atoms with Crippen LogP contribution in [0.15, 0.2) is 24.3 Å². The Kier molecular flexibility index (Phi) is 3.99. The van der Waals surface area contributed by atoms with Crippen LogP contribution in [-0.4, -0.2) is 45.2 Å². The normalized spacial score (nSPS) is 10.4. The summed E-state index contributed by atoms with van der Waals surface area (Å²) in [6.45, 7) is -0.993. The number of halogens is 1. The third kappa shape index (κ3) is 3.12. The van der Waals surface area contributed by atoms with E-state index in [2.05, 4.69) is 9.97 Å². The third-order valence-corrected chi connectivity index (χ3v) is 2.68. The number of rotatable bonds is 5. The number of hydrogen-bond donors (Lipinski definition) is 2. The number of carbonyl (C=O) groups is 2. The van der Waals surface area contributed by atoms with Gasteiger partial charge in [-0.1, -0.05) is 12.1 Å². The molecule has 0 radical (unpaired) electrons. The minimum atomic E-state index is -1.16. The van der Waals surface area contributed by atoms with Crippen molar-refractivity contribution in [1.29, 1.82) is 0 Å². The first-order valence-electron chi connectivity index (χ1n) is 5.58. The fraction of sp³-hybridized carbons (Fsp3) is 0.167. The molecule has 0 aliphatic rings. The molecule has 20 heavy (non-hydrogen) atoms. The van der Waals surface area contributed by atoms with Crippen molar-refractivity contribution in [3.8, 4) is 0 Å². The first-order chi connectivity index (χ1) is 9.47. The molecule has 7 nitrogen and oxygen atoms in total. The number of para-hydroxylation sites is 1. The molecule has 0 saturated carbocycles. The summed E-state index contributed by atoms with van der Waals surface area (Å²) < 4.78 is 0. The minimum absolute atomic E-state index is 0.0699. The van der Waals surface area contributed by atoms with E-state index in [1.54, 1.807) is 24.3 Å². The molecule has 0 spiro atoms. The topological polar surface area (TPSA) is 104 Å². The number of hydrogen-bond acceptors (Lipinski definition) is 5. The maximum absolute atomic E-state index is 10.9. The molecular weight excluding hydrogens is 286 g/mol. The van der Waals surface area contributed by atoms with Crippen molar-refractivity contribution in [2.45, 2.75) is 0 Å². The Labute approximate surface area is 118 Å². The van der Waals surface area contributed by atoms with Crippen molar-refractivity contribution in [1.82, 2.24) is 9.97 Å². The number of nitrogens with zero attached hydrogens (tertiary/aromatic N) is 3. The van der Waals surface area contributed by atoms with E-state index in [0.717, 1.165) is 4.90 Å². The SMILES string of the molecule is O=C(O)CN(CC(=O)O)c1nc(Cl)nc2ccccc12. The highest BCUT2D eigenvalue weighted by Crippen LogP contribution is 2.25. The third-order valence-electron chi connectivity index (χ3n) is 2.51. The fourth-order valence-corrected chi connectivity index (χ4v) is 1.98. The molecule has 0 atom stereocenters. The van der Waals surface area contributed by atoms with Gasteiger partial charge in [0, 0.05) is 5.39 Å². The quantitative estimate of drug-likeness (QED) is 0.800. The Bertz CT molecular complexity index is 661. The number of benzene rings is 1. The maximum atomic E-state index is 10.9. The highest BCUT2D eigenvalue weighted by molar-refractivity contribution is 6.28. The van der Waals surface area contributed by atoms with Crippen LogP contribution in [0.25, 0.3) is 10.9 Å². The Balaban J connectivity index is 2.56. The molecule has 104 valence electrons. The number of anilines is 1. The molecule has 1 heterocycles. The lowest BCUT2D eigenvalue weighted by atomic mass is 10.2. The summed E-state index contributed by atoms with van der Waals surface area (Å²) in [5, 5.41) is 18.2. The van der Waals surface area contributed by atoms with Crippen LogP contribution >= 0.6 is 11.6 Å². The molecule has 0 saturated heterocycles. The molecule has 0 aliphatic carbocycles. The molecular formula is C12H10ClN3O4. The maximum Gasteiger partial charge on any atom is 0.323 e. The number of aliphatic carboxylic acids is 2. The van der Waals surface area contributed by atoms with E-state index < -0.39 is 25.0 Å². The Hall–Kier alpha value is -2.41. The molecule has 2 N–H and O–H groups in total. The summed E-state index contributed by atoms with van der Waals surface area (Å²) in [6, 6.07) is 6.83. The van der Waals surface area contributed by atoms with Crippen LogP contribution in [0.2, 0.25) is 5.28 Å². The van der Waals surface area contributed by atoms with E-state index in [0.29, 0.717) is 10.9 Å². The molecule has 0 unspecified atom stereocenters. The van der Waals surface area contributed by atoms with E-state index in [1.165, 1.54) is 0 Å². The molecule has 0 bridgehead atoms. The molecule has 2 rings (SSSR count). The van der Waals surface area contributed by atoms with Gasteiger partial charge >= 0.3 is 11.9 Å². The van der Waals surface area contributed by atoms with Gasteiger partial charge in [-0.15, -0.1) is 0 Å². The smallest absolute Gasteiger partial charge is 0.323 e. The van der Waals surface area contributed by atoms with Crippen LogP contribution in [-0.2, 0) is 9.59 Å². The highest BCUT2D eigenvalue weighted by atomic mass is 35.5. The standard InChI is InChI=1S/C12H10ClN3O4/c13-12-14-8-4-2-1-3-7(8)11(15-12)16(5-9(17)18)6-10(19)20/h1-4H,5-6H2,(H,17,18)(H,19,20). The lowest BCUT2D eigenvalue weighted by Gasteiger charge is -2.21. The summed E-state index contributed by atoms with van der Waals surface area (Å²) in [6.07, 6.45) is 0. The second-order valence-electron chi connectivity index (χ2n) is 3.98. The van der Waals surface area contributed by atoms with E-state index in [1.807, 2.05) is 0 Å². The van der Waals surface area contributed by atoms with Gasteiger partial charge < -0.3 is 15.1 Å². The number of carboxylic acids is 2. The average molecular weight is 296 g/mol. The van der Waals surface area contributed by atoms with Gasteiger partial charge in [0.15, 0.2) is 0 Å². The van der Waals surface area contributed by atoms with Crippen molar-refractivity contribution in [3.05, 3.63) is 29.5 Å². The Morgan fingerprint density at radius 2 is 1.70 bits per heavy atom. The average Bonchev–Trinajstić information content (AvgIpc) is 2.35. The summed E-state index contributed by atoms with van der Waals surface area (Å²) >= 11 is 5.80. The highest BCUT2D eigenvalue weighted by Gasteiger charge is 2.19. The zero-order chi connectivity index (χ0) is 14.7. The zero-order valence-corrected chi connectivity index (χ0v) is 10.9. The Morgan fingerprint density at radius 1 is 1.10 bits per heavy atom. The van der Waals surface area contributed by atoms with Gasteiger partial charge in [-0.25, -0.2) is 4.98 Å². The van der Waals surface area contributed by atoms with Crippen LogP contribution in [0.3, 0.4) is 0 Å². The van der Waals surface area contributed by atoms with Crippen LogP contribution in [0, 0.1) is 0 Å². The zero-order valence-electron chi connectivity index (χ0n) is 10.2. The molecule has 0 amide bonds. The molecule has 1 aromatic heterocycles. The van der Waals surface area contributed by atoms with E-state index in [-0.39, 0.29) is 11.1 Å². The van der Waals surface area contributed by atoms with Crippen LogP contribution in [0.5, 0.6) is 0 Å². The number of carboxylic acid groups (broad SMARTS) is 2. The van der Waals surface area contributed by atoms with E-state index >= 15 is 0 Å². The van der Waals surface area contributed by atoms with E-state index in [4.69, 9.17) is 21.8 Å². The van der Waals surface area contributed by atoms with Crippen molar-refractivity contribution in [3.63, 3.8) is 0 Å². The summed E-state index contributed by atoms with van der Waals surface area (Å²) in [5.41, 5.74) is 0.517. The summed E-state index contributed by atoms with van der Waals surface area (Å²) in [5.74, 6) is -2.14. The van der Waals surface area contributed by atoms with Gasteiger partial charge in [0.05, 0.1) is 5.52 Å². The predicted molar refractivity (Wildman–Crippen MR) is 72.0 cm³/mol. The fourth-order valence-electron chi connectivity index (χ4n) is 1.81. The Morgan fingerprint density at radius 3 is 2.30 bits per heavy atom. The largest absolute Gasteiger partial charge is 0.480 e. The lowest BCUT2D eigenvalue weighted by molar-refractivity contribution is -0.136. The second-order valence-corrected chi connectivity index (χ2v) is 4.31. The summed E-state index contributed by atoms with van der Waals surface area (Å²) in [4.78, 5) is 30.8. The monoisotopic (exact) mass is 295 g/mol. The van der Waals surface area contributed by atoms with Gasteiger partial charge in [-0.3, -0.25) is 9.59 Å². The van der Waals surface area contributed by atoms with Gasteiger partial charge in [0.1, 0.15) is 18.9 Å². The van der Waals surface area contributed by atoms with E-state index in [9.17, 15) is 9.59 Å². The summed E-state index contributed by atoms with van der Waals surface area (Å²) in [7, 11) is 0. The number of aromatic nitrogens is 2. The van der Waals surface area contributed by atoms with Gasteiger partial charge in [0.2, 0.25) is 5.28 Å². The van der Waals surface area contributed by atoms with Crippen LogP contribution < -0.4 is 4.90 Å². The molecule has 0 aliphatic heterocycles. The van der Waals surface area contributed by atoms with Gasteiger partial charge in [0.25, 0.3) is 0 Å². The minimum Gasteiger partial charge on any atom is -0.480 e. The molecule has 2 aromatic rings. The van der Waals surface area contributed by atoms with Crippen LogP contribution in [0.1, 0.15) is 0 Å². The first kappa shape index (κ1) is 14.0. The second kappa shape index (κ2) is 5.70. The number of fused-ring (bicyclic) bond motifs is 1. The lowest BCUT2D eigenvalue weighted by Crippen LogP contribution is -2.35.